The smallest absolute Gasteiger partial charge is 0.366 e. The van der Waals surface area contributed by atoms with Crippen LogP contribution in [0.2, 0.25) is 0 Å². The number of halogens is 1. The molecule has 72 valence electrons. The highest BCUT2D eigenvalue weighted by atomic mass is 79.9. The van der Waals surface area contributed by atoms with Gasteiger partial charge in [0.2, 0.25) is 0 Å². The number of hydrogen-bond acceptors (Lipinski definition) is 2. The Morgan fingerprint density at radius 1 is 1.50 bits per heavy atom. The molecule has 6 heteroatoms. The van der Waals surface area contributed by atoms with E-state index in [-0.39, 0.29) is 15.9 Å². The first-order chi connectivity index (χ1) is 5.30. The van der Waals surface area contributed by atoms with Gasteiger partial charge in [0, 0.05) is 5.92 Å². The molecule has 0 unspecified atom stereocenters. The first-order valence-electron chi connectivity index (χ1n) is 3.30. The zero-order chi connectivity index (χ0) is 9.94. The molecular formula is C6H12BrO4P. The summed E-state index contributed by atoms with van der Waals surface area (Å²) in [6.07, 6.45) is 0. The van der Waals surface area contributed by atoms with Gasteiger partial charge in [-0.15, -0.1) is 0 Å². The van der Waals surface area contributed by atoms with Gasteiger partial charge in [-0.1, -0.05) is 13.8 Å². The molecule has 0 aromatic rings. The zero-order valence-corrected chi connectivity index (χ0v) is 9.59. The second kappa shape index (κ2) is 4.42. The second-order valence-corrected chi connectivity index (χ2v) is 5.50. The molecular weight excluding hydrogens is 247 g/mol. The van der Waals surface area contributed by atoms with Gasteiger partial charge < -0.3 is 14.5 Å². The predicted molar refractivity (Wildman–Crippen MR) is 49.8 cm³/mol. The van der Waals surface area contributed by atoms with Crippen LogP contribution in [0.25, 0.3) is 0 Å². The molecule has 0 radical (unpaired) electrons. The number of methoxy groups -OCH3 is 1. The monoisotopic (exact) mass is 258 g/mol. The SMILES string of the molecule is COC(=C(Br)P(=O)(O)O)C(C)C. The summed E-state index contributed by atoms with van der Waals surface area (Å²) in [7, 11) is -2.83. The van der Waals surface area contributed by atoms with Crippen molar-refractivity contribution >= 4 is 23.5 Å². The van der Waals surface area contributed by atoms with Crippen LogP contribution in [0.15, 0.2) is 9.98 Å². The van der Waals surface area contributed by atoms with E-state index < -0.39 is 7.60 Å². The number of hydrogen-bond donors (Lipinski definition) is 2. The molecule has 0 atom stereocenters. The van der Waals surface area contributed by atoms with Crippen molar-refractivity contribution < 1.29 is 19.1 Å². The Kier molecular flexibility index (Phi) is 4.48. The van der Waals surface area contributed by atoms with Crippen LogP contribution in [0, 0.1) is 5.92 Å². The Hall–Kier alpha value is 0.170. The number of allylic oxidation sites excluding steroid dienone is 1. The van der Waals surface area contributed by atoms with Gasteiger partial charge in [0.05, 0.1) is 7.11 Å². The molecule has 0 aromatic heterocycles. The summed E-state index contributed by atoms with van der Waals surface area (Å²) in [5.41, 5.74) is 0. The molecule has 0 saturated carbocycles. The molecule has 0 rings (SSSR count). The lowest BCUT2D eigenvalue weighted by Gasteiger charge is -2.13. The minimum absolute atomic E-state index is 0.0583. The van der Waals surface area contributed by atoms with E-state index in [1.807, 2.05) is 0 Å². The average molecular weight is 259 g/mol. The van der Waals surface area contributed by atoms with Crippen LogP contribution in [0.1, 0.15) is 13.8 Å². The maximum atomic E-state index is 10.7. The predicted octanol–water partition coefficient (Wildman–Crippen LogP) is 2.03. The van der Waals surface area contributed by atoms with Gasteiger partial charge in [-0.2, -0.15) is 0 Å². The van der Waals surface area contributed by atoms with E-state index in [0.29, 0.717) is 0 Å². The molecule has 0 aromatic carbocycles. The fraction of sp³-hybridized carbons (Fsp3) is 0.667. The fourth-order valence-electron chi connectivity index (χ4n) is 0.702. The molecule has 4 nitrogen and oxygen atoms in total. The molecule has 0 spiro atoms. The first kappa shape index (κ1) is 12.2. The average Bonchev–Trinajstić information content (AvgIpc) is 1.86. The number of ether oxygens (including phenoxy) is 1. The molecule has 12 heavy (non-hydrogen) atoms. The van der Waals surface area contributed by atoms with Gasteiger partial charge >= 0.3 is 7.60 Å². The minimum Gasteiger partial charge on any atom is -0.499 e. The van der Waals surface area contributed by atoms with Gasteiger partial charge in [-0.05, 0) is 15.9 Å². The fourth-order valence-corrected chi connectivity index (χ4v) is 1.96. The molecule has 2 N–H and O–H groups in total. The summed E-state index contributed by atoms with van der Waals surface area (Å²) in [6.45, 7) is 3.57. The highest BCUT2D eigenvalue weighted by Gasteiger charge is 2.24. The lowest BCUT2D eigenvalue weighted by molar-refractivity contribution is 0.251. The Morgan fingerprint density at radius 3 is 2.00 bits per heavy atom. The lowest BCUT2D eigenvalue weighted by Crippen LogP contribution is -1.99. The quantitative estimate of drug-likeness (QED) is 0.601. The molecule has 0 aliphatic carbocycles. The molecule has 0 saturated heterocycles. The van der Waals surface area contributed by atoms with E-state index in [2.05, 4.69) is 15.9 Å². The van der Waals surface area contributed by atoms with Crippen LogP contribution in [-0.4, -0.2) is 16.9 Å². The van der Waals surface area contributed by atoms with Crippen LogP contribution in [0.5, 0.6) is 0 Å². The molecule has 0 bridgehead atoms. The van der Waals surface area contributed by atoms with Crippen LogP contribution >= 0.6 is 23.5 Å². The summed E-state index contributed by atoms with van der Waals surface area (Å²) < 4.78 is 15.4. The van der Waals surface area contributed by atoms with Crippen molar-refractivity contribution in [3.63, 3.8) is 0 Å². The summed E-state index contributed by atoms with van der Waals surface area (Å²) in [5.74, 6) is 0.223. The normalized spacial score (nSPS) is 14.6. The highest BCUT2D eigenvalue weighted by molar-refractivity contribution is 9.13. The van der Waals surface area contributed by atoms with Crippen molar-refractivity contribution in [1.29, 1.82) is 0 Å². The van der Waals surface area contributed by atoms with Gasteiger partial charge in [0.1, 0.15) is 9.98 Å². The van der Waals surface area contributed by atoms with Gasteiger partial charge in [-0.3, -0.25) is 4.57 Å². The van der Waals surface area contributed by atoms with Crippen molar-refractivity contribution in [2.24, 2.45) is 5.92 Å². The third-order valence-electron chi connectivity index (χ3n) is 1.20. The standard InChI is InChI=1S/C6H12BrO4P/c1-4(2)5(11-3)6(7)12(8,9)10/h4H,1-3H3,(H2,8,9,10). The van der Waals surface area contributed by atoms with Crippen LogP contribution in [0.4, 0.5) is 0 Å². The number of rotatable bonds is 3. The Morgan fingerprint density at radius 2 is 1.92 bits per heavy atom. The molecule has 0 fully saturated rings. The third-order valence-corrected chi connectivity index (χ3v) is 3.71. The molecule has 0 aliphatic rings. The second-order valence-electron chi connectivity index (χ2n) is 2.56. The van der Waals surface area contributed by atoms with E-state index >= 15 is 0 Å². The summed E-state index contributed by atoms with van der Waals surface area (Å²) in [5, 5.41) is 0. The Labute approximate surface area is 79.9 Å². The summed E-state index contributed by atoms with van der Waals surface area (Å²) in [4.78, 5) is 17.5. The minimum atomic E-state index is -4.21. The summed E-state index contributed by atoms with van der Waals surface area (Å²) in [6, 6.07) is 0. The van der Waals surface area contributed by atoms with E-state index in [1.54, 1.807) is 13.8 Å². The Balaban J connectivity index is 4.99. The van der Waals surface area contributed by atoms with E-state index in [0.717, 1.165) is 0 Å². The third kappa shape index (κ3) is 3.27. The van der Waals surface area contributed by atoms with Gasteiger partial charge in [-0.25, -0.2) is 0 Å². The Bertz CT molecular complexity index is 230. The van der Waals surface area contributed by atoms with Gasteiger partial charge in [0.25, 0.3) is 0 Å². The van der Waals surface area contributed by atoms with Crippen LogP contribution in [0.3, 0.4) is 0 Å². The maximum absolute atomic E-state index is 10.7. The first-order valence-corrected chi connectivity index (χ1v) is 5.71. The highest BCUT2D eigenvalue weighted by Crippen LogP contribution is 2.51. The lowest BCUT2D eigenvalue weighted by atomic mass is 10.2. The van der Waals surface area contributed by atoms with Crippen molar-refractivity contribution in [1.82, 2.24) is 0 Å². The van der Waals surface area contributed by atoms with Crippen LogP contribution in [-0.2, 0) is 9.30 Å². The topological polar surface area (TPSA) is 66.8 Å². The van der Waals surface area contributed by atoms with E-state index in [4.69, 9.17) is 14.5 Å². The zero-order valence-electron chi connectivity index (χ0n) is 7.11. The summed E-state index contributed by atoms with van der Waals surface area (Å²) >= 11 is 2.82. The van der Waals surface area contributed by atoms with E-state index in [9.17, 15) is 4.57 Å². The van der Waals surface area contributed by atoms with E-state index in [1.165, 1.54) is 7.11 Å². The van der Waals surface area contributed by atoms with Gasteiger partial charge in [0.15, 0.2) is 0 Å². The molecule has 0 amide bonds. The molecule has 0 heterocycles. The molecule has 0 aliphatic heterocycles. The van der Waals surface area contributed by atoms with Crippen molar-refractivity contribution in [3.05, 3.63) is 9.98 Å². The maximum Gasteiger partial charge on any atom is 0.366 e. The van der Waals surface area contributed by atoms with Crippen molar-refractivity contribution in [2.75, 3.05) is 7.11 Å². The largest absolute Gasteiger partial charge is 0.499 e. The van der Waals surface area contributed by atoms with Crippen molar-refractivity contribution in [3.8, 4) is 0 Å². The van der Waals surface area contributed by atoms with Crippen molar-refractivity contribution in [2.45, 2.75) is 13.8 Å². The van der Waals surface area contributed by atoms with Crippen LogP contribution < -0.4 is 0 Å².